The molecule has 0 aliphatic rings. The van der Waals surface area contributed by atoms with E-state index in [4.69, 9.17) is 10.1 Å². The van der Waals surface area contributed by atoms with E-state index in [0.717, 1.165) is 28.9 Å². The average Bonchev–Trinajstić information content (AvgIpc) is 3.10. The minimum atomic E-state index is -0.0946. The van der Waals surface area contributed by atoms with Crippen LogP contribution in [0.2, 0.25) is 0 Å². The van der Waals surface area contributed by atoms with Crippen LogP contribution >= 0.6 is 11.8 Å². The minimum Gasteiger partial charge on any atom is -0.352 e. The zero-order valence-electron chi connectivity index (χ0n) is 18.3. The zero-order valence-corrected chi connectivity index (χ0v) is 19.1. The van der Waals surface area contributed by atoms with E-state index < -0.39 is 0 Å². The maximum atomic E-state index is 13.1. The lowest BCUT2D eigenvalue weighted by Crippen LogP contribution is -2.26. The van der Waals surface area contributed by atoms with Gasteiger partial charge in [-0.05, 0) is 69.3 Å². The molecule has 0 radical (unpaired) electrons. The Morgan fingerprint density at radius 3 is 2.42 bits per heavy atom. The van der Waals surface area contributed by atoms with Gasteiger partial charge in [0.05, 0.1) is 22.3 Å². The third-order valence-electron chi connectivity index (χ3n) is 5.32. The summed E-state index contributed by atoms with van der Waals surface area (Å²) in [6.07, 6.45) is 2.85. The van der Waals surface area contributed by atoms with Gasteiger partial charge in [0.15, 0.2) is 5.65 Å². The number of hydrogen-bond donors (Lipinski definition) is 1. The van der Waals surface area contributed by atoms with Gasteiger partial charge in [-0.3, -0.25) is 4.79 Å². The molecular weight excluding hydrogens is 404 g/mol. The molecule has 0 saturated heterocycles. The van der Waals surface area contributed by atoms with Gasteiger partial charge < -0.3 is 5.32 Å². The molecule has 0 aliphatic heterocycles. The summed E-state index contributed by atoms with van der Waals surface area (Å²) in [5.74, 6) is -0.0946. The second-order valence-corrected chi connectivity index (χ2v) is 8.58. The highest BCUT2D eigenvalue weighted by molar-refractivity contribution is 7.98. The van der Waals surface area contributed by atoms with Crippen LogP contribution in [-0.2, 0) is 6.42 Å². The van der Waals surface area contributed by atoms with Crippen LogP contribution in [0.1, 0.15) is 32.9 Å². The number of benzene rings is 2. The number of carbonyl (C=O) groups excluding carboxylic acids is 1. The Hall–Kier alpha value is -3.12. The monoisotopic (exact) mass is 430 g/mol. The Morgan fingerprint density at radius 1 is 1.03 bits per heavy atom. The van der Waals surface area contributed by atoms with Crippen molar-refractivity contribution in [3.63, 3.8) is 0 Å². The SMILES string of the molecule is CSc1ccc(CCNC(=O)c2cc(C)nc3c2c(C)nn3-c2ccc(C)cc2)cc1. The topological polar surface area (TPSA) is 59.8 Å². The normalized spacial score (nSPS) is 11.1. The van der Waals surface area contributed by atoms with E-state index in [1.165, 1.54) is 16.0 Å². The fourth-order valence-corrected chi connectivity index (χ4v) is 4.08. The molecule has 5 nitrogen and oxygen atoms in total. The number of carbonyl (C=O) groups is 1. The summed E-state index contributed by atoms with van der Waals surface area (Å²) < 4.78 is 1.82. The summed E-state index contributed by atoms with van der Waals surface area (Å²) in [6, 6.07) is 18.4. The van der Waals surface area contributed by atoms with Gasteiger partial charge in [0, 0.05) is 17.1 Å². The van der Waals surface area contributed by atoms with Crippen LogP contribution in [0.4, 0.5) is 0 Å². The molecule has 4 aromatic rings. The lowest BCUT2D eigenvalue weighted by Gasteiger charge is -2.09. The van der Waals surface area contributed by atoms with E-state index >= 15 is 0 Å². The molecule has 2 heterocycles. The van der Waals surface area contributed by atoms with Crippen molar-refractivity contribution in [2.24, 2.45) is 0 Å². The smallest absolute Gasteiger partial charge is 0.252 e. The number of hydrogen-bond acceptors (Lipinski definition) is 4. The summed E-state index contributed by atoms with van der Waals surface area (Å²) in [7, 11) is 0. The molecule has 0 spiro atoms. The predicted molar refractivity (Wildman–Crippen MR) is 127 cm³/mol. The first kappa shape index (κ1) is 21.1. The molecule has 2 aromatic heterocycles. The summed E-state index contributed by atoms with van der Waals surface area (Å²) in [5, 5.41) is 8.56. The maximum absolute atomic E-state index is 13.1. The first-order chi connectivity index (χ1) is 15.0. The molecule has 6 heteroatoms. The van der Waals surface area contributed by atoms with Crippen LogP contribution in [0.25, 0.3) is 16.7 Å². The van der Waals surface area contributed by atoms with Gasteiger partial charge in [0.2, 0.25) is 0 Å². The fourth-order valence-electron chi connectivity index (χ4n) is 3.67. The number of nitrogens with one attached hydrogen (secondary N) is 1. The Morgan fingerprint density at radius 2 is 1.74 bits per heavy atom. The molecule has 2 aromatic carbocycles. The highest BCUT2D eigenvalue weighted by atomic mass is 32.2. The number of pyridine rings is 1. The molecule has 31 heavy (non-hydrogen) atoms. The van der Waals surface area contributed by atoms with E-state index in [1.807, 2.05) is 48.9 Å². The third kappa shape index (κ3) is 4.49. The Balaban J connectivity index is 1.59. The van der Waals surface area contributed by atoms with Crippen LogP contribution in [0.5, 0.6) is 0 Å². The molecule has 4 rings (SSSR count). The van der Waals surface area contributed by atoms with Gasteiger partial charge in [0.25, 0.3) is 5.91 Å². The van der Waals surface area contributed by atoms with Gasteiger partial charge in [-0.1, -0.05) is 29.8 Å². The molecule has 0 atom stereocenters. The second-order valence-electron chi connectivity index (χ2n) is 7.70. The molecule has 0 unspecified atom stereocenters. The van der Waals surface area contributed by atoms with E-state index in [0.29, 0.717) is 17.8 Å². The van der Waals surface area contributed by atoms with Crippen LogP contribution in [0.15, 0.2) is 59.5 Å². The van der Waals surface area contributed by atoms with Crippen molar-refractivity contribution < 1.29 is 4.79 Å². The van der Waals surface area contributed by atoms with Gasteiger partial charge >= 0.3 is 0 Å². The average molecular weight is 431 g/mol. The van der Waals surface area contributed by atoms with Crippen molar-refractivity contribution in [3.05, 3.63) is 82.7 Å². The maximum Gasteiger partial charge on any atom is 0.252 e. The number of aromatic nitrogens is 3. The Labute approximate surface area is 186 Å². The van der Waals surface area contributed by atoms with Crippen molar-refractivity contribution in [2.75, 3.05) is 12.8 Å². The van der Waals surface area contributed by atoms with Crippen LogP contribution in [0, 0.1) is 20.8 Å². The number of fused-ring (bicyclic) bond motifs is 1. The molecule has 0 bridgehead atoms. The first-order valence-electron chi connectivity index (χ1n) is 10.3. The summed E-state index contributed by atoms with van der Waals surface area (Å²) >= 11 is 1.72. The zero-order chi connectivity index (χ0) is 22.0. The third-order valence-corrected chi connectivity index (χ3v) is 6.07. The number of thioether (sulfide) groups is 1. The predicted octanol–water partition coefficient (Wildman–Crippen LogP) is 5.04. The molecule has 158 valence electrons. The van der Waals surface area contributed by atoms with E-state index in [-0.39, 0.29) is 5.91 Å². The number of amides is 1. The van der Waals surface area contributed by atoms with E-state index in [9.17, 15) is 4.79 Å². The van der Waals surface area contributed by atoms with Crippen molar-refractivity contribution in [1.29, 1.82) is 0 Å². The number of nitrogens with zero attached hydrogens (tertiary/aromatic N) is 3. The molecule has 0 saturated carbocycles. The standard InChI is InChI=1S/C25H26N4OS/c1-16-5-9-20(10-6-16)29-24-23(18(3)28-29)22(15-17(2)27-24)25(30)26-14-13-19-7-11-21(31-4)12-8-19/h5-12,15H,13-14H2,1-4H3,(H,26,30). The number of aryl methyl sites for hydroxylation is 3. The van der Waals surface area contributed by atoms with Crippen LogP contribution in [0.3, 0.4) is 0 Å². The number of rotatable bonds is 6. The molecule has 1 N–H and O–H groups in total. The molecule has 1 amide bonds. The Kier molecular flexibility index (Phi) is 6.09. The quantitative estimate of drug-likeness (QED) is 0.435. The lowest BCUT2D eigenvalue weighted by atomic mass is 10.1. The molecule has 0 fully saturated rings. The molecular formula is C25H26N4OS. The summed E-state index contributed by atoms with van der Waals surface area (Å²) in [5.41, 5.74) is 6.23. The van der Waals surface area contributed by atoms with Crippen molar-refractivity contribution in [3.8, 4) is 5.69 Å². The van der Waals surface area contributed by atoms with Gasteiger partial charge in [-0.2, -0.15) is 5.10 Å². The highest BCUT2D eigenvalue weighted by Gasteiger charge is 2.19. The summed E-state index contributed by atoms with van der Waals surface area (Å²) in [4.78, 5) is 19.0. The van der Waals surface area contributed by atoms with Gasteiger partial charge in [-0.15, -0.1) is 11.8 Å². The fraction of sp³-hybridized carbons (Fsp3) is 0.240. The van der Waals surface area contributed by atoms with Crippen molar-refractivity contribution >= 4 is 28.7 Å². The van der Waals surface area contributed by atoms with Crippen molar-refractivity contribution in [2.45, 2.75) is 32.1 Å². The van der Waals surface area contributed by atoms with Crippen molar-refractivity contribution in [1.82, 2.24) is 20.1 Å². The second kappa shape index (κ2) is 8.94. The lowest BCUT2D eigenvalue weighted by molar-refractivity contribution is 0.0955. The van der Waals surface area contributed by atoms with E-state index in [2.05, 4.69) is 42.8 Å². The van der Waals surface area contributed by atoms with Gasteiger partial charge in [-0.25, -0.2) is 9.67 Å². The largest absolute Gasteiger partial charge is 0.352 e. The van der Waals surface area contributed by atoms with Crippen LogP contribution < -0.4 is 5.32 Å². The van der Waals surface area contributed by atoms with Gasteiger partial charge in [0.1, 0.15) is 0 Å². The van der Waals surface area contributed by atoms with Crippen LogP contribution in [-0.4, -0.2) is 33.5 Å². The van der Waals surface area contributed by atoms with E-state index in [1.54, 1.807) is 11.8 Å². The highest BCUT2D eigenvalue weighted by Crippen LogP contribution is 2.25. The Bertz CT molecular complexity index is 1230. The molecule has 0 aliphatic carbocycles. The summed E-state index contributed by atoms with van der Waals surface area (Å²) in [6.45, 7) is 6.46. The first-order valence-corrected chi connectivity index (χ1v) is 11.5. The minimum absolute atomic E-state index is 0.0946.